The van der Waals surface area contributed by atoms with E-state index in [2.05, 4.69) is 5.32 Å². The summed E-state index contributed by atoms with van der Waals surface area (Å²) in [6.07, 6.45) is 0.993. The third-order valence-corrected chi connectivity index (χ3v) is 2.63. The fourth-order valence-corrected chi connectivity index (χ4v) is 1.49. The SMILES string of the molecule is COCCCNCCOCCOc1ccccc1F.O=C(O)C(=O)O. The van der Waals surface area contributed by atoms with Gasteiger partial charge in [0.2, 0.25) is 0 Å². The molecule has 0 bridgehead atoms. The summed E-state index contributed by atoms with van der Waals surface area (Å²) in [5.41, 5.74) is 0. The smallest absolute Gasteiger partial charge is 0.414 e. The number of methoxy groups -OCH3 is 1. The Labute approximate surface area is 145 Å². The Bertz CT molecular complexity index is 487. The van der Waals surface area contributed by atoms with Crippen LogP contribution in [0.2, 0.25) is 0 Å². The number of ether oxygens (including phenoxy) is 3. The number of halogens is 1. The molecule has 0 saturated carbocycles. The maximum absolute atomic E-state index is 13.2. The van der Waals surface area contributed by atoms with Crippen LogP contribution in [0.5, 0.6) is 5.75 Å². The van der Waals surface area contributed by atoms with Gasteiger partial charge in [-0.3, -0.25) is 0 Å². The maximum atomic E-state index is 13.2. The second-order valence-corrected chi connectivity index (χ2v) is 4.60. The summed E-state index contributed by atoms with van der Waals surface area (Å²) in [7, 11) is 1.69. The second kappa shape index (κ2) is 15.3. The molecule has 0 fully saturated rings. The summed E-state index contributed by atoms with van der Waals surface area (Å²) in [6, 6.07) is 6.35. The number of benzene rings is 1. The molecule has 3 N–H and O–H groups in total. The molecule has 0 atom stereocenters. The van der Waals surface area contributed by atoms with Crippen molar-refractivity contribution in [3.8, 4) is 5.75 Å². The Morgan fingerprint density at radius 3 is 2.32 bits per heavy atom. The van der Waals surface area contributed by atoms with Crippen molar-refractivity contribution in [1.29, 1.82) is 0 Å². The number of nitrogens with one attached hydrogen (secondary N) is 1. The van der Waals surface area contributed by atoms with Gasteiger partial charge in [-0.05, 0) is 25.1 Å². The van der Waals surface area contributed by atoms with E-state index in [0.29, 0.717) is 19.8 Å². The van der Waals surface area contributed by atoms with Crippen LogP contribution in [0.25, 0.3) is 0 Å². The Kier molecular flexibility index (Phi) is 13.9. The summed E-state index contributed by atoms with van der Waals surface area (Å²) in [4.78, 5) is 18.2. The molecule has 0 radical (unpaired) electrons. The van der Waals surface area contributed by atoms with Gasteiger partial charge in [-0.25, -0.2) is 14.0 Å². The van der Waals surface area contributed by atoms with E-state index in [9.17, 15) is 4.39 Å². The van der Waals surface area contributed by atoms with Crippen LogP contribution in [0, 0.1) is 5.82 Å². The average Bonchev–Trinajstić information content (AvgIpc) is 2.58. The molecule has 0 heterocycles. The van der Waals surface area contributed by atoms with Crippen molar-refractivity contribution in [2.75, 3.05) is 46.6 Å². The van der Waals surface area contributed by atoms with Crippen LogP contribution in [0.4, 0.5) is 4.39 Å². The number of rotatable bonds is 11. The quantitative estimate of drug-likeness (QED) is 0.395. The van der Waals surface area contributed by atoms with Crippen LogP contribution < -0.4 is 10.1 Å². The van der Waals surface area contributed by atoms with Gasteiger partial charge in [-0.15, -0.1) is 0 Å². The molecule has 0 unspecified atom stereocenters. The van der Waals surface area contributed by atoms with Crippen molar-refractivity contribution in [3.05, 3.63) is 30.1 Å². The van der Waals surface area contributed by atoms with Crippen molar-refractivity contribution in [3.63, 3.8) is 0 Å². The molecule has 0 saturated heterocycles. The molecular formula is C16H24FNO7. The van der Waals surface area contributed by atoms with Gasteiger partial charge in [-0.1, -0.05) is 12.1 Å². The van der Waals surface area contributed by atoms with Gasteiger partial charge in [0.25, 0.3) is 0 Å². The Morgan fingerprint density at radius 2 is 1.72 bits per heavy atom. The number of hydrogen-bond donors (Lipinski definition) is 3. The first-order valence-electron chi connectivity index (χ1n) is 7.60. The van der Waals surface area contributed by atoms with E-state index >= 15 is 0 Å². The predicted octanol–water partition coefficient (Wildman–Crippen LogP) is 1.00. The van der Waals surface area contributed by atoms with Crippen LogP contribution in [0.15, 0.2) is 24.3 Å². The van der Waals surface area contributed by atoms with Crippen LogP contribution in [-0.4, -0.2) is 68.8 Å². The zero-order valence-corrected chi connectivity index (χ0v) is 14.1. The average molecular weight is 361 g/mol. The third-order valence-electron chi connectivity index (χ3n) is 2.63. The van der Waals surface area contributed by atoms with Crippen molar-refractivity contribution in [2.24, 2.45) is 0 Å². The minimum atomic E-state index is -1.82. The van der Waals surface area contributed by atoms with Crippen LogP contribution in [0.1, 0.15) is 6.42 Å². The molecule has 1 aromatic carbocycles. The van der Waals surface area contributed by atoms with Gasteiger partial charge >= 0.3 is 11.9 Å². The number of carboxylic acid groups (broad SMARTS) is 2. The molecule has 1 rings (SSSR count). The number of aliphatic carboxylic acids is 2. The summed E-state index contributed by atoms with van der Waals surface area (Å²) < 4.78 is 28.7. The first-order valence-corrected chi connectivity index (χ1v) is 7.60. The highest BCUT2D eigenvalue weighted by atomic mass is 19.1. The number of carboxylic acids is 2. The van der Waals surface area contributed by atoms with Crippen LogP contribution in [-0.2, 0) is 19.1 Å². The maximum Gasteiger partial charge on any atom is 0.414 e. The summed E-state index contributed by atoms with van der Waals surface area (Å²) in [5, 5.41) is 18.0. The van der Waals surface area contributed by atoms with E-state index in [4.69, 9.17) is 34.0 Å². The highest BCUT2D eigenvalue weighted by Gasteiger charge is 2.04. The van der Waals surface area contributed by atoms with Crippen molar-refractivity contribution < 1.29 is 38.4 Å². The molecule has 9 heteroatoms. The molecular weight excluding hydrogens is 337 g/mol. The van der Waals surface area contributed by atoms with Crippen molar-refractivity contribution in [1.82, 2.24) is 5.32 Å². The lowest BCUT2D eigenvalue weighted by Crippen LogP contribution is -2.22. The van der Waals surface area contributed by atoms with Gasteiger partial charge in [-0.2, -0.15) is 0 Å². The van der Waals surface area contributed by atoms with Gasteiger partial charge in [0, 0.05) is 20.3 Å². The molecule has 0 amide bonds. The van der Waals surface area contributed by atoms with Crippen molar-refractivity contribution in [2.45, 2.75) is 6.42 Å². The zero-order valence-electron chi connectivity index (χ0n) is 14.1. The van der Waals surface area contributed by atoms with Gasteiger partial charge in [0.15, 0.2) is 11.6 Å². The van der Waals surface area contributed by atoms with E-state index in [-0.39, 0.29) is 11.6 Å². The lowest BCUT2D eigenvalue weighted by atomic mass is 10.3. The van der Waals surface area contributed by atoms with Crippen LogP contribution >= 0.6 is 0 Å². The number of para-hydroxylation sites is 1. The minimum absolute atomic E-state index is 0.267. The predicted molar refractivity (Wildman–Crippen MR) is 87.3 cm³/mol. The molecule has 1 aromatic rings. The monoisotopic (exact) mass is 361 g/mol. The van der Waals surface area contributed by atoms with E-state index in [1.54, 1.807) is 25.3 Å². The zero-order chi connectivity index (χ0) is 18.9. The highest BCUT2D eigenvalue weighted by molar-refractivity contribution is 6.27. The molecule has 0 aliphatic carbocycles. The lowest BCUT2D eigenvalue weighted by Gasteiger charge is -2.08. The fourth-order valence-electron chi connectivity index (χ4n) is 1.49. The van der Waals surface area contributed by atoms with E-state index < -0.39 is 11.9 Å². The summed E-state index contributed by atoms with van der Waals surface area (Å²) in [5.74, 6) is -3.73. The first kappa shape index (κ1) is 22.8. The largest absolute Gasteiger partial charge is 0.488 e. The van der Waals surface area contributed by atoms with Gasteiger partial charge < -0.3 is 29.7 Å². The Balaban J connectivity index is 0.000000823. The summed E-state index contributed by atoms with van der Waals surface area (Å²) >= 11 is 0. The molecule has 25 heavy (non-hydrogen) atoms. The molecule has 8 nitrogen and oxygen atoms in total. The van der Waals surface area contributed by atoms with Gasteiger partial charge in [0.05, 0.1) is 13.2 Å². The molecule has 0 aliphatic heterocycles. The lowest BCUT2D eigenvalue weighted by molar-refractivity contribution is -0.159. The van der Waals surface area contributed by atoms with E-state index in [1.807, 2.05) is 0 Å². The standard InChI is InChI=1S/C14H22FNO3.C2H2O4/c1-17-9-4-7-16-8-10-18-11-12-19-14-6-3-2-5-13(14)15;3-1(4)2(5)6/h2-3,5-6,16H,4,7-12H2,1H3;(H,3,4)(H,5,6). The van der Waals surface area contributed by atoms with E-state index in [0.717, 1.165) is 26.1 Å². The molecule has 0 spiro atoms. The molecule has 0 aromatic heterocycles. The van der Waals surface area contributed by atoms with E-state index in [1.165, 1.54) is 6.07 Å². The summed E-state index contributed by atoms with van der Waals surface area (Å²) in [6.45, 7) is 3.91. The Morgan fingerprint density at radius 1 is 1.04 bits per heavy atom. The number of carbonyl (C=O) groups is 2. The fraction of sp³-hybridized carbons (Fsp3) is 0.500. The van der Waals surface area contributed by atoms with Crippen molar-refractivity contribution >= 4 is 11.9 Å². The normalized spacial score (nSPS) is 9.84. The topological polar surface area (TPSA) is 114 Å². The number of hydrogen-bond acceptors (Lipinski definition) is 6. The highest BCUT2D eigenvalue weighted by Crippen LogP contribution is 2.14. The first-order chi connectivity index (χ1) is 12.0. The third kappa shape index (κ3) is 13.9. The second-order valence-electron chi connectivity index (χ2n) is 4.60. The molecule has 0 aliphatic rings. The minimum Gasteiger partial charge on any atom is -0.488 e. The van der Waals surface area contributed by atoms with Gasteiger partial charge in [0.1, 0.15) is 6.61 Å². The van der Waals surface area contributed by atoms with Crippen LogP contribution in [0.3, 0.4) is 0 Å². The molecule has 142 valence electrons. The Hall–Kier alpha value is -2.23.